The average Bonchev–Trinajstić information content (AvgIpc) is 3.01. The zero-order valence-electron chi connectivity index (χ0n) is 9.50. The van der Waals surface area contributed by atoms with Crippen molar-refractivity contribution in [2.75, 3.05) is 0 Å². The Labute approximate surface area is 120 Å². The maximum Gasteiger partial charge on any atom is 0.271 e. The van der Waals surface area contributed by atoms with Crippen LogP contribution in [0.25, 0.3) is 10.2 Å². The van der Waals surface area contributed by atoms with Crippen LogP contribution >= 0.6 is 34.3 Å². The van der Waals surface area contributed by atoms with Gasteiger partial charge in [0.2, 0.25) is 0 Å². The lowest BCUT2D eigenvalue weighted by Crippen LogP contribution is -2.23. The second-order valence-corrected chi connectivity index (χ2v) is 6.47. The van der Waals surface area contributed by atoms with E-state index in [0.717, 1.165) is 0 Å². The topological polar surface area (TPSA) is 52.0 Å². The Morgan fingerprint density at radius 1 is 1.37 bits per heavy atom. The highest BCUT2D eigenvalue weighted by Crippen LogP contribution is 2.22. The smallest absolute Gasteiger partial charge is 0.271 e. The number of ketones is 1. The highest BCUT2D eigenvalue weighted by atomic mass is 35.5. The number of thiophene rings is 2. The third-order valence-electron chi connectivity index (χ3n) is 2.60. The minimum atomic E-state index is -0.184. The van der Waals surface area contributed by atoms with Gasteiger partial charge in [-0.15, -0.1) is 22.7 Å². The number of rotatable bonds is 3. The molecule has 7 heteroatoms. The van der Waals surface area contributed by atoms with Crippen molar-refractivity contribution in [2.45, 2.75) is 6.54 Å². The molecule has 0 saturated carbocycles. The first-order valence-electron chi connectivity index (χ1n) is 5.36. The number of Topliss-reactive ketones (excluding diaryl/α,β-unsaturated/α-hetero) is 1. The Morgan fingerprint density at radius 3 is 2.95 bits per heavy atom. The molecule has 3 heterocycles. The number of hydrogen-bond acceptors (Lipinski definition) is 5. The van der Waals surface area contributed by atoms with Gasteiger partial charge in [0.05, 0.1) is 27.6 Å². The predicted molar refractivity (Wildman–Crippen MR) is 77.5 cm³/mol. The molecule has 19 heavy (non-hydrogen) atoms. The first kappa shape index (κ1) is 12.5. The molecule has 3 aromatic heterocycles. The molecule has 0 bridgehead atoms. The van der Waals surface area contributed by atoms with Gasteiger partial charge in [-0.05, 0) is 23.6 Å². The lowest BCUT2D eigenvalue weighted by Gasteiger charge is -2.02. The summed E-state index contributed by atoms with van der Waals surface area (Å²) in [5.41, 5.74) is 0.480. The third kappa shape index (κ3) is 2.34. The van der Waals surface area contributed by atoms with Gasteiger partial charge in [0, 0.05) is 0 Å². The van der Waals surface area contributed by atoms with Crippen LogP contribution in [0.5, 0.6) is 0 Å². The number of nitrogens with zero attached hydrogens (tertiary/aromatic N) is 2. The van der Waals surface area contributed by atoms with E-state index < -0.39 is 0 Å². The maximum atomic E-state index is 12.1. The molecule has 0 fully saturated rings. The van der Waals surface area contributed by atoms with Crippen LogP contribution in [-0.2, 0) is 6.54 Å². The number of aromatic nitrogens is 2. The average molecular weight is 311 g/mol. The van der Waals surface area contributed by atoms with Gasteiger partial charge >= 0.3 is 0 Å². The van der Waals surface area contributed by atoms with E-state index in [9.17, 15) is 9.59 Å². The van der Waals surface area contributed by atoms with Crippen LogP contribution in [0, 0.1) is 0 Å². The Kier molecular flexibility index (Phi) is 3.22. The third-order valence-corrected chi connectivity index (χ3v) is 4.76. The van der Waals surface area contributed by atoms with Crippen LogP contribution in [0.1, 0.15) is 9.67 Å². The molecule has 0 radical (unpaired) electrons. The van der Waals surface area contributed by atoms with Gasteiger partial charge in [0.25, 0.3) is 5.56 Å². The van der Waals surface area contributed by atoms with Crippen molar-refractivity contribution in [3.63, 3.8) is 0 Å². The molecule has 4 nitrogen and oxygen atoms in total. The van der Waals surface area contributed by atoms with Crippen LogP contribution in [0.3, 0.4) is 0 Å². The largest absolute Gasteiger partial charge is 0.291 e. The molecular weight excluding hydrogens is 304 g/mol. The van der Waals surface area contributed by atoms with E-state index in [1.54, 1.807) is 18.2 Å². The number of fused-ring (bicyclic) bond motifs is 1. The van der Waals surface area contributed by atoms with Gasteiger partial charge in [-0.3, -0.25) is 14.2 Å². The van der Waals surface area contributed by atoms with Gasteiger partial charge in [-0.2, -0.15) is 0 Å². The molecule has 0 atom stereocenters. The molecule has 3 aromatic rings. The van der Waals surface area contributed by atoms with Gasteiger partial charge in [-0.1, -0.05) is 11.6 Å². The number of carbonyl (C=O) groups excluding carboxylic acids is 1. The summed E-state index contributed by atoms with van der Waals surface area (Å²) in [6.07, 6.45) is 1.41. The van der Waals surface area contributed by atoms with Gasteiger partial charge in [0.1, 0.15) is 4.70 Å². The molecule has 0 spiro atoms. The van der Waals surface area contributed by atoms with E-state index in [-0.39, 0.29) is 17.9 Å². The number of hydrogen-bond donors (Lipinski definition) is 0. The van der Waals surface area contributed by atoms with Crippen molar-refractivity contribution in [3.05, 3.63) is 49.5 Å². The van der Waals surface area contributed by atoms with Crippen molar-refractivity contribution in [3.8, 4) is 0 Å². The lowest BCUT2D eigenvalue weighted by molar-refractivity contribution is 0.0974. The summed E-state index contributed by atoms with van der Waals surface area (Å²) >= 11 is 8.33. The highest BCUT2D eigenvalue weighted by Gasteiger charge is 2.12. The van der Waals surface area contributed by atoms with Crippen LogP contribution in [0.4, 0.5) is 0 Å². The fourth-order valence-electron chi connectivity index (χ4n) is 1.69. The second-order valence-electron chi connectivity index (χ2n) is 3.84. The predicted octanol–water partition coefficient (Wildman–Crippen LogP) is 3.06. The monoisotopic (exact) mass is 310 g/mol. The lowest BCUT2D eigenvalue weighted by atomic mass is 10.3. The minimum absolute atomic E-state index is 0.0173. The fraction of sp³-hybridized carbons (Fsp3) is 0.0833. The Morgan fingerprint density at radius 2 is 2.21 bits per heavy atom. The van der Waals surface area contributed by atoms with E-state index in [4.69, 9.17) is 11.6 Å². The molecule has 0 amide bonds. The quantitative estimate of drug-likeness (QED) is 0.699. The summed E-state index contributed by atoms with van der Waals surface area (Å²) in [5, 5.41) is 1.81. The standard InChI is InChI=1S/C12H7ClN2O2S2/c13-10-2-1-9(19-10)8(16)5-15-6-14-7-3-4-18-11(7)12(15)17/h1-4,6H,5H2. The van der Waals surface area contributed by atoms with Crippen LogP contribution in [0.2, 0.25) is 4.34 Å². The molecule has 96 valence electrons. The van der Waals surface area contributed by atoms with Crippen LogP contribution in [-0.4, -0.2) is 15.3 Å². The highest BCUT2D eigenvalue weighted by molar-refractivity contribution is 7.18. The van der Waals surface area contributed by atoms with E-state index in [2.05, 4.69) is 4.98 Å². The first-order chi connectivity index (χ1) is 9.15. The SMILES string of the molecule is O=C(Cn1cnc2ccsc2c1=O)c1ccc(Cl)s1. The van der Waals surface area contributed by atoms with Crippen LogP contribution < -0.4 is 5.56 Å². The van der Waals surface area contributed by atoms with Crippen molar-refractivity contribution in [1.82, 2.24) is 9.55 Å². The summed E-state index contributed by atoms with van der Waals surface area (Å²) in [5.74, 6) is -0.142. The summed E-state index contributed by atoms with van der Waals surface area (Å²) in [4.78, 5) is 28.8. The van der Waals surface area contributed by atoms with E-state index in [0.29, 0.717) is 19.4 Å². The zero-order chi connectivity index (χ0) is 13.4. The van der Waals surface area contributed by atoms with E-state index >= 15 is 0 Å². The van der Waals surface area contributed by atoms with Gasteiger partial charge in [-0.25, -0.2) is 4.98 Å². The number of carbonyl (C=O) groups is 1. The van der Waals surface area contributed by atoms with Crippen molar-refractivity contribution in [2.24, 2.45) is 0 Å². The minimum Gasteiger partial charge on any atom is -0.291 e. The summed E-state index contributed by atoms with van der Waals surface area (Å²) in [6, 6.07) is 5.12. The van der Waals surface area contributed by atoms with E-state index in [1.807, 2.05) is 5.38 Å². The summed E-state index contributed by atoms with van der Waals surface area (Å²) in [7, 11) is 0. The fourth-order valence-corrected chi connectivity index (χ4v) is 3.45. The van der Waals surface area contributed by atoms with Crippen molar-refractivity contribution < 1.29 is 4.79 Å². The van der Waals surface area contributed by atoms with Gasteiger partial charge < -0.3 is 0 Å². The molecule has 0 N–H and O–H groups in total. The molecule has 0 saturated heterocycles. The van der Waals surface area contributed by atoms with Gasteiger partial charge in [0.15, 0.2) is 5.78 Å². The molecule has 0 aliphatic rings. The normalized spacial score (nSPS) is 11.0. The molecule has 0 aliphatic heterocycles. The summed E-state index contributed by atoms with van der Waals surface area (Å²) < 4.78 is 2.46. The maximum absolute atomic E-state index is 12.1. The van der Waals surface area contributed by atoms with E-state index in [1.165, 1.54) is 33.6 Å². The zero-order valence-corrected chi connectivity index (χ0v) is 11.9. The Balaban J connectivity index is 1.95. The second kappa shape index (κ2) is 4.88. The Hall–Kier alpha value is -1.50. The van der Waals surface area contributed by atoms with Crippen molar-refractivity contribution >= 4 is 50.3 Å². The first-order valence-corrected chi connectivity index (χ1v) is 7.44. The Bertz CT molecular complexity index is 818. The molecule has 3 rings (SSSR count). The summed E-state index contributed by atoms with van der Waals surface area (Å²) in [6.45, 7) is -0.0173. The number of halogens is 1. The molecule has 0 aliphatic carbocycles. The van der Waals surface area contributed by atoms with Crippen molar-refractivity contribution in [1.29, 1.82) is 0 Å². The molecule has 0 unspecified atom stereocenters. The van der Waals surface area contributed by atoms with Crippen LogP contribution in [0.15, 0.2) is 34.7 Å². The molecule has 0 aromatic carbocycles. The molecular formula is C12H7ClN2O2S2.